The van der Waals surface area contributed by atoms with Gasteiger partial charge < -0.3 is 14.9 Å². The second kappa shape index (κ2) is 8.22. The summed E-state index contributed by atoms with van der Waals surface area (Å²) < 4.78 is 0. The lowest BCUT2D eigenvalue weighted by Crippen LogP contribution is -2.44. The smallest absolute Gasteiger partial charge is 0.304 e. The Hall–Kier alpha value is -1.72. The number of carboxylic acids is 1. The Balaban J connectivity index is 2.03. The van der Waals surface area contributed by atoms with Crippen LogP contribution in [0.25, 0.3) is 0 Å². The van der Waals surface area contributed by atoms with Gasteiger partial charge >= 0.3 is 5.97 Å². The number of hydrogen-bond donors (Lipinski definition) is 1. The van der Waals surface area contributed by atoms with Crippen molar-refractivity contribution in [3.8, 4) is 0 Å². The number of piperidine rings is 1. The van der Waals surface area contributed by atoms with Crippen LogP contribution in [0.4, 0.5) is 0 Å². The first-order valence-corrected chi connectivity index (χ1v) is 8.17. The fraction of sp³-hybridized carbons (Fsp3) is 0.556. The number of hydrogen-bond acceptors (Lipinski definition) is 4. The Kier molecular flexibility index (Phi) is 6.30. The summed E-state index contributed by atoms with van der Waals surface area (Å²) in [6.07, 6.45) is 2.00. The van der Waals surface area contributed by atoms with Crippen LogP contribution in [0.3, 0.4) is 0 Å². The molecule has 1 aliphatic heterocycles. The van der Waals surface area contributed by atoms with E-state index < -0.39 is 11.9 Å². The summed E-state index contributed by atoms with van der Waals surface area (Å²) in [6.45, 7) is 2.59. The highest BCUT2D eigenvalue weighted by Gasteiger charge is 2.28. The second-order valence-electron chi connectivity index (χ2n) is 6.50. The molecule has 2 rings (SSSR count). The quantitative estimate of drug-likeness (QED) is 0.779. The topological polar surface area (TPSA) is 60.9 Å². The second-order valence-corrected chi connectivity index (χ2v) is 6.50. The number of benzene rings is 1. The largest absolute Gasteiger partial charge is 0.481 e. The number of Topliss-reactive ketones (excluding diaryl/α,β-unsaturated/α-hetero) is 1. The Bertz CT molecular complexity index is 524. The molecule has 1 fully saturated rings. The molecule has 1 unspecified atom stereocenters. The molecular weight excluding hydrogens is 292 g/mol. The predicted molar refractivity (Wildman–Crippen MR) is 89.7 cm³/mol. The average Bonchev–Trinajstić information content (AvgIpc) is 2.54. The highest BCUT2D eigenvalue weighted by molar-refractivity contribution is 5.99. The molecule has 1 saturated heterocycles. The highest BCUT2D eigenvalue weighted by atomic mass is 16.4. The van der Waals surface area contributed by atoms with Crippen LogP contribution >= 0.6 is 0 Å². The Morgan fingerprint density at radius 3 is 2.43 bits per heavy atom. The molecule has 1 heterocycles. The van der Waals surface area contributed by atoms with Crippen molar-refractivity contribution in [3.63, 3.8) is 0 Å². The van der Waals surface area contributed by atoms with E-state index in [4.69, 9.17) is 5.11 Å². The van der Waals surface area contributed by atoms with Crippen LogP contribution in [0.15, 0.2) is 30.3 Å². The van der Waals surface area contributed by atoms with E-state index in [1.807, 2.05) is 25.2 Å². The van der Waals surface area contributed by atoms with Crippen LogP contribution < -0.4 is 0 Å². The van der Waals surface area contributed by atoms with E-state index in [1.54, 1.807) is 12.1 Å². The normalized spacial score (nSPS) is 18.0. The van der Waals surface area contributed by atoms with Gasteiger partial charge in [-0.3, -0.25) is 9.59 Å². The minimum absolute atomic E-state index is 0.0761. The minimum atomic E-state index is -0.920. The van der Waals surface area contributed by atoms with Crippen molar-refractivity contribution in [1.29, 1.82) is 0 Å². The maximum atomic E-state index is 12.7. The van der Waals surface area contributed by atoms with Crippen molar-refractivity contribution < 1.29 is 14.7 Å². The molecule has 0 radical (unpaired) electrons. The van der Waals surface area contributed by atoms with E-state index in [0.29, 0.717) is 18.2 Å². The molecule has 1 aromatic carbocycles. The summed E-state index contributed by atoms with van der Waals surface area (Å²) in [5.74, 6) is -1.50. The SMILES string of the molecule is CN1CCC(N(C)CC(CC(=O)O)C(=O)c2ccccc2)CC1. The van der Waals surface area contributed by atoms with Gasteiger partial charge in [-0.05, 0) is 40.0 Å². The van der Waals surface area contributed by atoms with Gasteiger partial charge in [-0.2, -0.15) is 0 Å². The number of rotatable bonds is 7. The molecule has 23 heavy (non-hydrogen) atoms. The lowest BCUT2D eigenvalue weighted by Gasteiger charge is -2.36. The van der Waals surface area contributed by atoms with Crippen molar-refractivity contribution in [3.05, 3.63) is 35.9 Å². The van der Waals surface area contributed by atoms with E-state index >= 15 is 0 Å². The minimum Gasteiger partial charge on any atom is -0.481 e. The number of ketones is 1. The Labute approximate surface area is 137 Å². The van der Waals surface area contributed by atoms with Crippen LogP contribution in [0.1, 0.15) is 29.6 Å². The van der Waals surface area contributed by atoms with Crippen LogP contribution in [0.5, 0.6) is 0 Å². The standard InChI is InChI=1S/C18H26N2O3/c1-19-10-8-16(9-11-19)20(2)13-15(12-17(21)22)18(23)14-6-4-3-5-7-14/h3-7,15-16H,8-13H2,1-2H3,(H,21,22). The van der Waals surface area contributed by atoms with E-state index in [2.05, 4.69) is 16.8 Å². The zero-order valence-electron chi connectivity index (χ0n) is 13.9. The van der Waals surface area contributed by atoms with Gasteiger partial charge in [0.05, 0.1) is 6.42 Å². The van der Waals surface area contributed by atoms with Gasteiger partial charge in [-0.15, -0.1) is 0 Å². The van der Waals surface area contributed by atoms with Gasteiger partial charge in [0, 0.05) is 24.1 Å². The number of carboxylic acid groups (broad SMARTS) is 1. The summed E-state index contributed by atoms with van der Waals surface area (Å²) in [5, 5.41) is 9.16. The summed E-state index contributed by atoms with van der Waals surface area (Å²) in [7, 11) is 4.12. The molecule has 0 spiro atoms. The van der Waals surface area contributed by atoms with Crippen molar-refractivity contribution in [1.82, 2.24) is 9.80 Å². The lowest BCUT2D eigenvalue weighted by atomic mass is 9.93. The molecule has 0 amide bonds. The molecule has 1 atom stereocenters. The summed E-state index contributed by atoms with van der Waals surface area (Å²) in [5.41, 5.74) is 0.593. The summed E-state index contributed by atoms with van der Waals surface area (Å²) in [4.78, 5) is 28.3. The predicted octanol–water partition coefficient (Wildman–Crippen LogP) is 1.99. The number of likely N-dealkylation sites (tertiary alicyclic amines) is 1. The maximum Gasteiger partial charge on any atom is 0.304 e. The monoisotopic (exact) mass is 318 g/mol. The average molecular weight is 318 g/mol. The fourth-order valence-corrected chi connectivity index (χ4v) is 3.22. The number of nitrogens with zero attached hydrogens (tertiary/aromatic N) is 2. The van der Waals surface area contributed by atoms with E-state index in [9.17, 15) is 9.59 Å². The van der Waals surface area contributed by atoms with Gasteiger partial charge in [0.1, 0.15) is 0 Å². The zero-order chi connectivity index (χ0) is 16.8. The molecule has 0 aliphatic carbocycles. The van der Waals surface area contributed by atoms with Crippen molar-refractivity contribution >= 4 is 11.8 Å². The Morgan fingerprint density at radius 1 is 1.26 bits per heavy atom. The van der Waals surface area contributed by atoms with Crippen LogP contribution in [0, 0.1) is 5.92 Å². The van der Waals surface area contributed by atoms with Crippen molar-refractivity contribution in [2.75, 3.05) is 33.7 Å². The molecular formula is C18H26N2O3. The molecule has 126 valence electrons. The first-order valence-electron chi connectivity index (χ1n) is 8.17. The molecule has 5 heteroatoms. The number of carbonyl (C=O) groups is 2. The summed E-state index contributed by atoms with van der Waals surface area (Å²) >= 11 is 0. The van der Waals surface area contributed by atoms with Crippen molar-refractivity contribution in [2.45, 2.75) is 25.3 Å². The van der Waals surface area contributed by atoms with Crippen LogP contribution in [-0.2, 0) is 4.79 Å². The maximum absolute atomic E-state index is 12.7. The first-order chi connectivity index (χ1) is 11.0. The van der Waals surface area contributed by atoms with E-state index in [-0.39, 0.29) is 12.2 Å². The molecule has 0 bridgehead atoms. The van der Waals surface area contributed by atoms with Gasteiger partial charge in [0.2, 0.25) is 0 Å². The summed E-state index contributed by atoms with van der Waals surface area (Å²) in [6, 6.07) is 9.41. The molecule has 5 nitrogen and oxygen atoms in total. The highest BCUT2D eigenvalue weighted by Crippen LogP contribution is 2.19. The van der Waals surface area contributed by atoms with E-state index in [1.165, 1.54) is 0 Å². The van der Waals surface area contributed by atoms with Gasteiger partial charge in [0.25, 0.3) is 0 Å². The molecule has 1 N–H and O–H groups in total. The van der Waals surface area contributed by atoms with Gasteiger partial charge in [-0.1, -0.05) is 30.3 Å². The van der Waals surface area contributed by atoms with Gasteiger partial charge in [0.15, 0.2) is 5.78 Å². The third kappa shape index (κ3) is 5.15. The first kappa shape index (κ1) is 17.6. The Morgan fingerprint density at radius 2 is 1.87 bits per heavy atom. The van der Waals surface area contributed by atoms with Gasteiger partial charge in [-0.25, -0.2) is 0 Å². The fourth-order valence-electron chi connectivity index (χ4n) is 3.22. The van der Waals surface area contributed by atoms with Crippen LogP contribution in [0.2, 0.25) is 0 Å². The third-order valence-corrected chi connectivity index (χ3v) is 4.67. The zero-order valence-corrected chi connectivity index (χ0v) is 13.9. The molecule has 0 aromatic heterocycles. The molecule has 0 saturated carbocycles. The third-order valence-electron chi connectivity index (χ3n) is 4.67. The molecule has 1 aliphatic rings. The van der Waals surface area contributed by atoms with Crippen molar-refractivity contribution in [2.24, 2.45) is 5.92 Å². The number of aliphatic carboxylic acids is 1. The van der Waals surface area contributed by atoms with Crippen LogP contribution in [-0.4, -0.2) is 66.4 Å². The van der Waals surface area contributed by atoms with E-state index in [0.717, 1.165) is 25.9 Å². The lowest BCUT2D eigenvalue weighted by molar-refractivity contribution is -0.137. The molecule has 1 aromatic rings. The number of carbonyl (C=O) groups excluding carboxylic acids is 1.